The third-order valence-electron chi connectivity index (χ3n) is 11.5. The number of nitrogens with two attached hydrogens (primary N) is 1. The zero-order chi connectivity index (χ0) is 32.8. The van der Waals surface area contributed by atoms with E-state index in [4.69, 9.17) is 15.2 Å². The smallest absolute Gasteiger partial charge is 0.339 e. The van der Waals surface area contributed by atoms with E-state index in [0.717, 1.165) is 0 Å². The van der Waals surface area contributed by atoms with Gasteiger partial charge in [-0.3, -0.25) is 14.4 Å². The lowest BCUT2D eigenvalue weighted by Gasteiger charge is -2.63. The minimum absolute atomic E-state index is 0.0748. The molecule has 4 fully saturated rings. The molecule has 2 aromatic carbocycles. The highest BCUT2D eigenvalue weighted by atomic mass is 19.1. The van der Waals surface area contributed by atoms with Gasteiger partial charge in [0.05, 0.1) is 12.2 Å². The Hall–Kier alpha value is -3.77. The largest absolute Gasteiger partial charge is 0.399 e. The number of nitrogen functional groups attached to an aromatic ring is 1. The van der Waals surface area contributed by atoms with Crippen molar-refractivity contribution in [3.63, 3.8) is 0 Å². The van der Waals surface area contributed by atoms with Crippen molar-refractivity contribution in [2.75, 3.05) is 17.7 Å². The summed E-state index contributed by atoms with van der Waals surface area (Å²) < 4.78 is 46.3. The van der Waals surface area contributed by atoms with Crippen LogP contribution in [0, 0.1) is 22.7 Å². The molecule has 6 N–H and O–H groups in total. The Morgan fingerprint density at radius 3 is 2.57 bits per heavy atom. The molecule has 10 atom stereocenters. The summed E-state index contributed by atoms with van der Waals surface area (Å²) in [5, 5.41) is 24.6. The minimum atomic E-state index is -2.30. The van der Waals surface area contributed by atoms with E-state index in [1.54, 1.807) is 62.4 Å². The highest BCUT2D eigenvalue weighted by Crippen LogP contribution is 2.72. The molecule has 0 radical (unpaired) electrons. The van der Waals surface area contributed by atoms with Gasteiger partial charge in [0.25, 0.3) is 5.91 Å². The maximum atomic E-state index is 17.6. The highest BCUT2D eigenvalue weighted by molar-refractivity contribution is 6.04. The molecule has 0 bridgehead atoms. The van der Waals surface area contributed by atoms with Gasteiger partial charge in [-0.05, 0) is 68.0 Å². The molecule has 0 unspecified atom stereocenters. The lowest BCUT2D eigenvalue weighted by Crippen LogP contribution is -2.70. The van der Waals surface area contributed by atoms with Crippen molar-refractivity contribution in [2.45, 2.75) is 69.0 Å². The summed E-state index contributed by atoms with van der Waals surface area (Å²) in [5.41, 5.74) is 1.02. The molecule has 1 heterocycles. The minimum Gasteiger partial charge on any atom is -0.399 e. The standard InChI is InChI=1S/C35H36F2N2O7/c1-32-11-10-22(41)13-25(32)26(36)14-24-23-15-29-35(28(43)17-40,33(23,2)16-27(42)34(24,32)37)46-31(45-29)19-8-6-18(7-9-19)30(44)39-21-5-3-4-20(38)12-21/h3-13,23-24,26-27,29,31,40,42H,14-17,38H2,1-2H3,(H,39,44)/p+1/t23-,24-,26-,27-,29+,31+,32-,33-,34-,35+/m0/s1. The van der Waals surface area contributed by atoms with Gasteiger partial charge in [0, 0.05) is 51.4 Å². The third kappa shape index (κ3) is 4.01. The predicted molar refractivity (Wildman–Crippen MR) is 165 cm³/mol. The van der Waals surface area contributed by atoms with E-state index in [1.165, 1.54) is 18.2 Å². The summed E-state index contributed by atoms with van der Waals surface area (Å²) in [5.74, 6) is -2.84. The molecule has 242 valence electrons. The number of rotatable bonds is 5. The number of carbonyl (C=O) groups is 2. The van der Waals surface area contributed by atoms with Crippen LogP contribution in [0.2, 0.25) is 0 Å². The van der Waals surface area contributed by atoms with Gasteiger partial charge in [-0.25, -0.2) is 8.78 Å². The first-order valence-electron chi connectivity index (χ1n) is 15.5. The molecule has 2 aromatic rings. The Labute approximate surface area is 264 Å². The van der Waals surface area contributed by atoms with Crippen molar-refractivity contribution >= 4 is 28.8 Å². The van der Waals surface area contributed by atoms with Gasteiger partial charge >= 0.3 is 5.78 Å². The number of benzene rings is 2. The Bertz CT molecular complexity index is 1700. The fraction of sp³-hybridized carbons (Fsp3) is 0.457. The van der Waals surface area contributed by atoms with Gasteiger partial charge < -0.3 is 30.7 Å². The van der Waals surface area contributed by atoms with Crippen molar-refractivity contribution in [3.05, 3.63) is 83.5 Å². The molecule has 0 spiro atoms. The van der Waals surface area contributed by atoms with Gasteiger partial charge in [0.2, 0.25) is 0 Å². The number of fused-ring (bicyclic) bond motifs is 7. The molecule has 4 aliphatic carbocycles. The van der Waals surface area contributed by atoms with Crippen LogP contribution >= 0.6 is 0 Å². The van der Waals surface area contributed by atoms with Gasteiger partial charge in [0.1, 0.15) is 12.8 Å². The lowest BCUT2D eigenvalue weighted by atomic mass is 9.44. The predicted octanol–water partition coefficient (Wildman–Crippen LogP) is 4.14. The second kappa shape index (κ2) is 10.4. The summed E-state index contributed by atoms with van der Waals surface area (Å²) >= 11 is 0. The van der Waals surface area contributed by atoms with Gasteiger partial charge in [-0.2, -0.15) is 0 Å². The number of carbonyl (C=O) groups excluding carboxylic acids is 3. The SMILES string of the molecule is C[C@]12C=CC(=[OH+])C=C1[C@@H](F)C[C@H]1[C@@H]3C[C@H]4O[C@@H](c5ccc(C(=O)Nc6cccc(N)c6)cc5)O[C@@]4(C(=O)CO)[C@@]3(C)C[C@H](O)[C@@]12F. The lowest BCUT2D eigenvalue weighted by molar-refractivity contribution is -0.235. The zero-order valence-electron chi connectivity index (χ0n) is 25.5. The number of anilines is 2. The van der Waals surface area contributed by atoms with E-state index in [9.17, 15) is 24.6 Å². The first kappa shape index (κ1) is 30.9. The molecule has 1 aliphatic heterocycles. The van der Waals surface area contributed by atoms with E-state index in [1.807, 2.05) is 0 Å². The number of aliphatic hydroxyl groups is 2. The number of ether oxygens (including phenoxy) is 2. The van der Waals surface area contributed by atoms with Crippen LogP contribution in [0.5, 0.6) is 0 Å². The molecule has 7 rings (SSSR count). The molecular formula is C35H37F2N2O7+. The first-order chi connectivity index (χ1) is 21.8. The Morgan fingerprint density at radius 1 is 1.13 bits per heavy atom. The second-order valence-electron chi connectivity index (χ2n) is 13.7. The number of allylic oxidation sites excluding steroid dienone is 4. The molecule has 5 aliphatic rings. The van der Waals surface area contributed by atoms with E-state index in [0.29, 0.717) is 22.5 Å². The summed E-state index contributed by atoms with van der Waals surface area (Å²) in [6.45, 7) is 2.41. The van der Waals surface area contributed by atoms with Crippen LogP contribution in [0.3, 0.4) is 0 Å². The fourth-order valence-corrected chi connectivity index (χ4v) is 9.34. The quantitative estimate of drug-likeness (QED) is 0.285. The van der Waals surface area contributed by atoms with Gasteiger partial charge in [-0.1, -0.05) is 31.2 Å². The van der Waals surface area contributed by atoms with Crippen molar-refractivity contribution < 1.29 is 42.9 Å². The topological polar surface area (TPSA) is 153 Å². The van der Waals surface area contributed by atoms with Crippen molar-refractivity contribution in [2.24, 2.45) is 22.7 Å². The monoisotopic (exact) mass is 635 g/mol. The summed E-state index contributed by atoms with van der Waals surface area (Å²) in [6.07, 6.45) is -1.48. The number of amides is 1. The van der Waals surface area contributed by atoms with Crippen molar-refractivity contribution in [1.82, 2.24) is 0 Å². The molecular weight excluding hydrogens is 598 g/mol. The summed E-state index contributed by atoms with van der Waals surface area (Å²) in [7, 11) is 0. The first-order valence-corrected chi connectivity index (χ1v) is 15.5. The molecule has 0 aromatic heterocycles. The fourth-order valence-electron chi connectivity index (χ4n) is 9.34. The second-order valence-corrected chi connectivity index (χ2v) is 13.7. The van der Waals surface area contributed by atoms with E-state index >= 15 is 8.78 Å². The zero-order valence-corrected chi connectivity index (χ0v) is 25.5. The average Bonchev–Trinajstić information content (AvgIpc) is 3.52. The van der Waals surface area contributed by atoms with Gasteiger partial charge in [0.15, 0.2) is 23.3 Å². The molecule has 1 saturated heterocycles. The molecule has 9 nitrogen and oxygen atoms in total. The van der Waals surface area contributed by atoms with Crippen LogP contribution in [0.4, 0.5) is 20.2 Å². The maximum absolute atomic E-state index is 17.6. The molecule has 3 saturated carbocycles. The summed E-state index contributed by atoms with van der Waals surface area (Å²) in [6, 6.07) is 13.3. The number of nitrogens with one attached hydrogen (secondary N) is 1. The van der Waals surface area contributed by atoms with Crippen LogP contribution in [-0.2, 0) is 14.3 Å². The number of aliphatic hydroxyl groups excluding tert-OH is 2. The molecule has 1 amide bonds. The van der Waals surface area contributed by atoms with Crippen molar-refractivity contribution in [3.8, 4) is 0 Å². The Balaban J connectivity index is 1.19. The van der Waals surface area contributed by atoms with Crippen LogP contribution in [-0.4, -0.2) is 68.7 Å². The Morgan fingerprint density at radius 2 is 1.87 bits per heavy atom. The van der Waals surface area contributed by atoms with E-state index < -0.39 is 71.0 Å². The number of Topliss-reactive ketones (excluding diaryl/α,β-unsaturated/α-hetero) is 1. The normalized spacial score (nSPS) is 40.7. The third-order valence-corrected chi connectivity index (χ3v) is 11.5. The number of hydrogen-bond acceptors (Lipinski definition) is 7. The highest BCUT2D eigenvalue weighted by Gasteiger charge is 2.80. The number of alkyl halides is 2. The number of hydrogen-bond donors (Lipinski definition) is 4. The van der Waals surface area contributed by atoms with Crippen LogP contribution in [0.15, 0.2) is 72.3 Å². The van der Waals surface area contributed by atoms with Crippen LogP contribution in [0.1, 0.15) is 55.3 Å². The van der Waals surface area contributed by atoms with E-state index in [2.05, 4.69) is 5.32 Å². The molecule has 11 heteroatoms. The maximum Gasteiger partial charge on any atom is 0.339 e. The van der Waals surface area contributed by atoms with Gasteiger partial charge in [-0.15, -0.1) is 0 Å². The van der Waals surface area contributed by atoms with Crippen LogP contribution < -0.4 is 11.1 Å². The Kier molecular flexibility index (Phi) is 6.95. The van der Waals surface area contributed by atoms with Crippen LogP contribution in [0.25, 0.3) is 0 Å². The molecule has 46 heavy (non-hydrogen) atoms. The number of ketones is 2. The summed E-state index contributed by atoms with van der Waals surface area (Å²) in [4.78, 5) is 36.6. The number of halogens is 2. The average molecular weight is 636 g/mol. The van der Waals surface area contributed by atoms with Crippen molar-refractivity contribution in [1.29, 1.82) is 0 Å². The van der Waals surface area contributed by atoms with E-state index in [-0.39, 0.29) is 36.5 Å².